The number of nitrogens with one attached hydrogen (secondary N) is 1. The first-order valence-electron chi connectivity index (χ1n) is 18.1. The van der Waals surface area contributed by atoms with E-state index in [4.69, 9.17) is 28.9 Å². The Morgan fingerprint density at radius 3 is 2.50 bits per heavy atom. The van der Waals surface area contributed by atoms with Gasteiger partial charge >= 0.3 is 12.2 Å². The van der Waals surface area contributed by atoms with Gasteiger partial charge in [0.05, 0.1) is 24.8 Å². The number of carbonyl (C=O) groups excluding carboxylic acids is 2. The molecule has 2 aliphatic carbocycles. The first-order chi connectivity index (χ1) is 23.9. The third-order valence-electron chi connectivity index (χ3n) is 9.63. The van der Waals surface area contributed by atoms with Crippen LogP contribution in [-0.2, 0) is 14.3 Å². The number of unbranched alkanes of at least 4 members (excludes halogenated alkanes) is 2. The number of hydrogen-bond acceptors (Lipinski definition) is 10. The first-order valence-corrected chi connectivity index (χ1v) is 18.1. The first kappa shape index (κ1) is 39.2. The number of hydrogen-bond donors (Lipinski definition) is 3. The van der Waals surface area contributed by atoms with Crippen molar-refractivity contribution in [3.05, 3.63) is 48.1 Å². The number of amides is 2. The molecule has 6 atom stereocenters. The minimum absolute atomic E-state index is 0.0412. The maximum atomic E-state index is 13.5. The molecule has 0 bridgehead atoms. The van der Waals surface area contributed by atoms with Crippen LogP contribution >= 0.6 is 0 Å². The zero-order valence-electron chi connectivity index (χ0n) is 30.6. The lowest BCUT2D eigenvalue weighted by molar-refractivity contribution is -0.253. The molecule has 1 aliphatic heterocycles. The molecule has 12 heteroatoms. The van der Waals surface area contributed by atoms with E-state index >= 15 is 0 Å². The molecule has 0 radical (unpaired) electrons. The van der Waals surface area contributed by atoms with Gasteiger partial charge in [-0.05, 0) is 95.9 Å². The van der Waals surface area contributed by atoms with E-state index < -0.39 is 35.5 Å². The molecule has 1 saturated carbocycles. The fourth-order valence-corrected chi connectivity index (χ4v) is 7.62. The fraction of sp³-hybridized carbons (Fsp3) is 0.658. The highest BCUT2D eigenvalue weighted by molar-refractivity contribution is 6.03. The van der Waals surface area contributed by atoms with Crippen LogP contribution in [0.15, 0.2) is 47.7 Å². The molecule has 12 nitrogen and oxygen atoms in total. The van der Waals surface area contributed by atoms with Crippen molar-refractivity contribution in [1.29, 1.82) is 0 Å². The summed E-state index contributed by atoms with van der Waals surface area (Å²) in [6, 6.07) is 4.69. The molecular weight excluding hydrogens is 642 g/mol. The van der Waals surface area contributed by atoms with Crippen molar-refractivity contribution in [2.45, 2.75) is 103 Å². The number of aliphatic hydroxyl groups excluding tert-OH is 2. The van der Waals surface area contributed by atoms with Gasteiger partial charge in [-0.2, -0.15) is 0 Å². The van der Waals surface area contributed by atoms with Crippen LogP contribution in [0.25, 0.3) is 0 Å². The molecule has 278 valence electrons. The Hall–Kier alpha value is -3.61. The van der Waals surface area contributed by atoms with Gasteiger partial charge in [-0.1, -0.05) is 30.1 Å². The van der Waals surface area contributed by atoms with Crippen LogP contribution in [0.5, 0.6) is 11.5 Å². The van der Waals surface area contributed by atoms with Gasteiger partial charge in [0.15, 0.2) is 0 Å². The van der Waals surface area contributed by atoms with Gasteiger partial charge in [-0.25, -0.2) is 9.59 Å². The number of rotatable bonds is 16. The minimum Gasteiger partial charge on any atom is -0.459 e. The van der Waals surface area contributed by atoms with E-state index in [1.807, 2.05) is 33.8 Å². The van der Waals surface area contributed by atoms with Gasteiger partial charge in [0, 0.05) is 44.7 Å². The summed E-state index contributed by atoms with van der Waals surface area (Å²) in [5, 5.41) is 26.9. The molecular formula is C38H57N3O9. The second-order valence-electron chi connectivity index (χ2n) is 14.2. The van der Waals surface area contributed by atoms with Gasteiger partial charge in [0.25, 0.3) is 0 Å². The molecule has 3 aliphatic rings. The van der Waals surface area contributed by atoms with E-state index in [0.29, 0.717) is 36.6 Å². The molecule has 0 spiro atoms. The summed E-state index contributed by atoms with van der Waals surface area (Å²) in [5.41, 5.74) is 1.89. The number of benzene rings is 1. The van der Waals surface area contributed by atoms with Crippen LogP contribution in [0.4, 0.5) is 9.59 Å². The van der Waals surface area contributed by atoms with E-state index in [0.717, 1.165) is 36.8 Å². The molecule has 3 N–H and O–H groups in total. The Morgan fingerprint density at radius 2 is 1.86 bits per heavy atom. The van der Waals surface area contributed by atoms with Crippen LogP contribution in [0.2, 0.25) is 0 Å². The van der Waals surface area contributed by atoms with Gasteiger partial charge in [0.2, 0.25) is 5.79 Å². The Bertz CT molecular complexity index is 1390. The van der Waals surface area contributed by atoms with Crippen LogP contribution in [0.3, 0.4) is 0 Å². The maximum absolute atomic E-state index is 13.5. The van der Waals surface area contributed by atoms with Crippen molar-refractivity contribution in [3.8, 4) is 11.5 Å². The zero-order chi connectivity index (χ0) is 36.5. The van der Waals surface area contributed by atoms with E-state index in [-0.39, 0.29) is 50.6 Å². The normalized spacial score (nSPS) is 26.1. The number of nitrogens with zero attached hydrogens (tertiary/aromatic N) is 2. The van der Waals surface area contributed by atoms with E-state index in [1.54, 1.807) is 37.1 Å². The lowest BCUT2D eigenvalue weighted by Crippen LogP contribution is -2.69. The Morgan fingerprint density at radius 1 is 1.14 bits per heavy atom. The summed E-state index contributed by atoms with van der Waals surface area (Å²) in [6.45, 7) is 14.3. The Kier molecular flexibility index (Phi) is 13.8. The lowest BCUT2D eigenvalue weighted by Gasteiger charge is -2.59. The van der Waals surface area contributed by atoms with Crippen LogP contribution in [0.1, 0.15) is 91.0 Å². The highest BCUT2D eigenvalue weighted by Crippen LogP contribution is 2.61. The predicted octanol–water partition coefficient (Wildman–Crippen LogP) is 6.32. The molecule has 1 heterocycles. The van der Waals surface area contributed by atoms with Crippen LogP contribution in [0, 0.1) is 17.8 Å². The average Bonchev–Trinajstić information content (AvgIpc) is 3.07. The maximum Gasteiger partial charge on any atom is 0.412 e. The molecule has 6 unspecified atom stereocenters. The molecule has 50 heavy (non-hydrogen) atoms. The third-order valence-corrected chi connectivity index (χ3v) is 9.63. The highest BCUT2D eigenvalue weighted by atomic mass is 16.7. The topological polar surface area (TPSA) is 148 Å². The van der Waals surface area contributed by atoms with E-state index in [9.17, 15) is 19.8 Å². The number of fused-ring (bicyclic) bond motifs is 2. The lowest BCUT2D eigenvalue weighted by atomic mass is 9.55. The molecule has 1 aromatic carbocycles. The third kappa shape index (κ3) is 8.81. The molecule has 1 fully saturated rings. The van der Waals surface area contributed by atoms with Gasteiger partial charge in [-0.3, -0.25) is 0 Å². The van der Waals surface area contributed by atoms with Crippen molar-refractivity contribution in [1.82, 2.24) is 10.2 Å². The van der Waals surface area contributed by atoms with Gasteiger partial charge < -0.3 is 44.2 Å². The highest BCUT2D eigenvalue weighted by Gasteiger charge is 2.65. The van der Waals surface area contributed by atoms with E-state index in [2.05, 4.69) is 18.0 Å². The SMILES string of the molecule is C=CCOC12Oc3ccc(OC(=O)NCC)cc3C3C(CCCCO)C(CCCCO)C=C(C(=NOC(C)(C)C)CC1N(C)C(=O)OCC)C32. The number of ether oxygens (including phenoxy) is 4. The number of oxime groups is 1. The van der Waals surface area contributed by atoms with Crippen LogP contribution in [-0.4, -0.2) is 90.5 Å². The minimum atomic E-state index is -1.38. The smallest absolute Gasteiger partial charge is 0.412 e. The molecule has 4 rings (SSSR count). The fourth-order valence-electron chi connectivity index (χ4n) is 7.62. The summed E-state index contributed by atoms with van der Waals surface area (Å²) in [5.74, 6) is -1.03. The summed E-state index contributed by atoms with van der Waals surface area (Å²) >= 11 is 0. The van der Waals surface area contributed by atoms with Crippen molar-refractivity contribution >= 4 is 17.9 Å². The summed E-state index contributed by atoms with van der Waals surface area (Å²) in [6.07, 6.45) is 7.69. The molecule has 0 saturated heterocycles. The van der Waals surface area contributed by atoms with Crippen molar-refractivity contribution in [2.75, 3.05) is 40.0 Å². The van der Waals surface area contributed by atoms with Crippen molar-refractivity contribution < 1.29 is 43.6 Å². The molecule has 1 aromatic rings. The number of carbonyl (C=O) groups is 2. The monoisotopic (exact) mass is 699 g/mol. The van der Waals surface area contributed by atoms with Crippen molar-refractivity contribution in [2.24, 2.45) is 22.9 Å². The molecule has 2 amide bonds. The van der Waals surface area contributed by atoms with Crippen molar-refractivity contribution in [3.63, 3.8) is 0 Å². The number of likely N-dealkylation sites (N-methyl/N-ethyl adjacent to an activating group) is 1. The standard InChI is InChI=1S/C38H57N3O9/c1-8-21-47-38-32(41(7)36(45)46-10-3)24-30(40-50-37(4,5)6)28-22-25(15-11-13-19-42)27(16-12-14-20-43)33(34(28)38)29-23-26(17-18-31(29)49-38)48-35(44)39-9-2/h8,17-18,22-23,25,27,32-34,42-43H,1,9-16,19-21,24H2,2-7H3,(H,39,44). The Labute approximate surface area is 296 Å². The second kappa shape index (κ2) is 17.5. The summed E-state index contributed by atoms with van der Waals surface area (Å²) in [4.78, 5) is 33.6. The number of aliphatic hydroxyl groups is 2. The van der Waals surface area contributed by atoms with E-state index in [1.165, 1.54) is 0 Å². The predicted molar refractivity (Wildman–Crippen MR) is 190 cm³/mol. The number of allylic oxidation sites excluding steroid dienone is 1. The zero-order valence-corrected chi connectivity index (χ0v) is 30.6. The largest absolute Gasteiger partial charge is 0.459 e. The second-order valence-corrected chi connectivity index (χ2v) is 14.2. The van der Waals surface area contributed by atoms with Crippen LogP contribution < -0.4 is 14.8 Å². The quantitative estimate of drug-likeness (QED) is 0.103. The van der Waals surface area contributed by atoms with Gasteiger partial charge in [-0.15, -0.1) is 6.58 Å². The molecule has 0 aromatic heterocycles. The Balaban J connectivity index is 2.03. The summed E-state index contributed by atoms with van der Waals surface area (Å²) in [7, 11) is 1.69. The van der Waals surface area contributed by atoms with Gasteiger partial charge in [0.1, 0.15) is 23.1 Å². The average molecular weight is 700 g/mol. The summed E-state index contributed by atoms with van der Waals surface area (Å²) < 4.78 is 25.1.